The maximum absolute atomic E-state index is 14.4. The van der Waals surface area contributed by atoms with Gasteiger partial charge in [-0.2, -0.15) is 31.6 Å². The van der Waals surface area contributed by atoms with E-state index in [1.165, 1.54) is 36.4 Å². The van der Waals surface area contributed by atoms with E-state index in [-0.39, 0.29) is 32.8 Å². The Kier molecular flexibility index (Phi) is 8.76. The number of pyridine rings is 1. The quantitative estimate of drug-likeness (QED) is 0.162. The van der Waals surface area contributed by atoms with Gasteiger partial charge in [-0.1, -0.05) is 30.3 Å². The average molecular weight is 625 g/mol. The summed E-state index contributed by atoms with van der Waals surface area (Å²) in [6, 6.07) is 12.2. The molecule has 13 heteroatoms. The fraction of sp³-hybridized carbons (Fsp3) is 0.200. The molecule has 0 saturated carbocycles. The summed E-state index contributed by atoms with van der Waals surface area (Å²) in [5.74, 6) is -2.00. The Labute approximate surface area is 243 Å². The van der Waals surface area contributed by atoms with Crippen LogP contribution in [0.3, 0.4) is 0 Å². The van der Waals surface area contributed by atoms with E-state index in [1.807, 2.05) is 0 Å². The fourth-order valence-corrected chi connectivity index (χ4v) is 5.38. The topological polar surface area (TPSA) is 68.8 Å². The van der Waals surface area contributed by atoms with E-state index in [0.717, 1.165) is 28.8 Å². The maximum atomic E-state index is 14.4. The molecule has 0 radical (unpaired) electrons. The second-order valence-electron chi connectivity index (χ2n) is 9.72. The van der Waals surface area contributed by atoms with Crippen LogP contribution >= 0.6 is 0 Å². The molecule has 0 aliphatic rings. The van der Waals surface area contributed by atoms with Crippen LogP contribution in [0.25, 0.3) is 22.4 Å². The molecule has 1 unspecified atom stereocenters. The van der Waals surface area contributed by atoms with Crippen LogP contribution in [0, 0.1) is 23.0 Å². The van der Waals surface area contributed by atoms with Crippen molar-refractivity contribution in [2.45, 2.75) is 42.9 Å². The van der Waals surface area contributed by atoms with Crippen molar-refractivity contribution in [3.63, 3.8) is 0 Å². The number of alkyl halides is 6. The van der Waals surface area contributed by atoms with Crippen molar-refractivity contribution >= 4 is 11.2 Å². The normalized spacial score (nSPS) is 12.8. The van der Waals surface area contributed by atoms with Gasteiger partial charge in [0.2, 0.25) is 0 Å². The molecule has 0 bridgehead atoms. The zero-order valence-corrected chi connectivity index (χ0v) is 23.1. The molecule has 1 aromatic heterocycles. The minimum Gasteiger partial charge on any atom is -0.611 e. The standard InChI is InChI=1S/C30H20F8N2O2S/c1-16(2)43(42)23-10-20(9-21(11-23)29(33,34)35)17-3-5-18(6-4-17)27-13-25(30(36,37)38)24(14-39)28(41)40(27)15-19-7-8-22(31)12-26(19)32/h3-13,16H,15H2,1-2H3. The van der Waals surface area contributed by atoms with Crippen LogP contribution in [0.1, 0.15) is 36.1 Å². The average Bonchev–Trinajstić information content (AvgIpc) is 2.93. The van der Waals surface area contributed by atoms with Gasteiger partial charge in [-0.25, -0.2) is 8.78 Å². The Morgan fingerprint density at radius 2 is 1.49 bits per heavy atom. The molecular formula is C30H20F8N2O2S. The van der Waals surface area contributed by atoms with Gasteiger partial charge in [0.15, 0.2) is 4.90 Å². The van der Waals surface area contributed by atoms with Crippen LogP contribution in [0.15, 0.2) is 76.4 Å². The molecule has 3 aromatic carbocycles. The summed E-state index contributed by atoms with van der Waals surface area (Å²) in [4.78, 5) is 13.1. The molecule has 4 nitrogen and oxygen atoms in total. The molecule has 1 heterocycles. The van der Waals surface area contributed by atoms with Gasteiger partial charge in [0.1, 0.15) is 28.5 Å². The smallest absolute Gasteiger partial charge is 0.417 e. The van der Waals surface area contributed by atoms with Gasteiger partial charge in [-0.3, -0.25) is 4.79 Å². The first-order chi connectivity index (χ1) is 20.0. The highest BCUT2D eigenvalue weighted by atomic mass is 32.2. The zero-order valence-electron chi connectivity index (χ0n) is 22.3. The summed E-state index contributed by atoms with van der Waals surface area (Å²) < 4.78 is 124. The predicted molar refractivity (Wildman–Crippen MR) is 143 cm³/mol. The molecule has 0 amide bonds. The lowest BCUT2D eigenvalue weighted by atomic mass is 9.99. The van der Waals surface area contributed by atoms with Gasteiger partial charge in [0.25, 0.3) is 5.56 Å². The van der Waals surface area contributed by atoms with E-state index >= 15 is 0 Å². The summed E-state index contributed by atoms with van der Waals surface area (Å²) in [6.07, 6.45) is -9.87. The van der Waals surface area contributed by atoms with E-state index in [4.69, 9.17) is 0 Å². The number of hydrogen-bond donors (Lipinski definition) is 0. The summed E-state index contributed by atoms with van der Waals surface area (Å²) in [6.45, 7) is 2.50. The largest absolute Gasteiger partial charge is 0.611 e. The Hall–Kier alpha value is -4.15. The van der Waals surface area contributed by atoms with Crippen molar-refractivity contribution in [2.24, 2.45) is 0 Å². The number of benzene rings is 3. The fourth-order valence-electron chi connectivity index (χ4n) is 4.35. The lowest BCUT2D eigenvalue weighted by molar-refractivity contribution is -0.138. The third-order valence-corrected chi connectivity index (χ3v) is 8.03. The first-order valence-electron chi connectivity index (χ1n) is 12.4. The van der Waals surface area contributed by atoms with E-state index in [1.54, 1.807) is 13.8 Å². The van der Waals surface area contributed by atoms with Gasteiger partial charge in [-0.05, 0) is 59.9 Å². The first kappa shape index (κ1) is 31.8. The van der Waals surface area contributed by atoms with Gasteiger partial charge in [0.05, 0.1) is 23.4 Å². The molecule has 0 aliphatic heterocycles. The summed E-state index contributed by atoms with van der Waals surface area (Å²) in [7, 11) is 0. The van der Waals surface area contributed by atoms with Crippen LogP contribution in [0.2, 0.25) is 0 Å². The molecule has 4 rings (SSSR count). The Bertz CT molecular complexity index is 1770. The van der Waals surface area contributed by atoms with E-state index in [0.29, 0.717) is 12.1 Å². The molecule has 0 aliphatic carbocycles. The van der Waals surface area contributed by atoms with Gasteiger partial charge < -0.3 is 9.12 Å². The van der Waals surface area contributed by atoms with E-state index < -0.39 is 69.2 Å². The van der Waals surface area contributed by atoms with E-state index in [9.17, 15) is 49.7 Å². The van der Waals surface area contributed by atoms with Crippen LogP contribution < -0.4 is 5.56 Å². The second kappa shape index (κ2) is 11.9. The van der Waals surface area contributed by atoms with Crippen molar-refractivity contribution in [1.29, 1.82) is 5.26 Å². The number of aromatic nitrogens is 1. The number of hydrogen-bond acceptors (Lipinski definition) is 3. The molecule has 0 N–H and O–H groups in total. The first-order valence-corrected chi connectivity index (χ1v) is 13.6. The molecule has 4 aromatic rings. The predicted octanol–water partition coefficient (Wildman–Crippen LogP) is 7.93. The molecular weight excluding hydrogens is 604 g/mol. The highest BCUT2D eigenvalue weighted by Crippen LogP contribution is 2.37. The monoisotopic (exact) mass is 624 g/mol. The van der Waals surface area contributed by atoms with Crippen molar-refractivity contribution < 1.29 is 39.7 Å². The van der Waals surface area contributed by atoms with Crippen molar-refractivity contribution in [1.82, 2.24) is 4.57 Å². The van der Waals surface area contributed by atoms with Crippen LogP contribution in [0.5, 0.6) is 0 Å². The number of rotatable bonds is 6. The molecule has 43 heavy (non-hydrogen) atoms. The molecule has 0 fully saturated rings. The Balaban J connectivity index is 1.90. The molecule has 0 spiro atoms. The third-order valence-electron chi connectivity index (χ3n) is 6.47. The highest BCUT2D eigenvalue weighted by molar-refractivity contribution is 7.92. The number of nitriles is 1. The molecule has 1 atom stereocenters. The number of nitrogens with zero attached hydrogens (tertiary/aromatic N) is 2. The minimum absolute atomic E-state index is 0.0173. The Morgan fingerprint density at radius 1 is 0.860 bits per heavy atom. The SMILES string of the molecule is CC(C)[S+]([O-])c1cc(-c2ccc(-c3cc(C(F)(F)F)c(C#N)c(=O)n3Cc3ccc(F)cc3F)cc2)cc(C(F)(F)F)c1. The molecule has 224 valence electrons. The summed E-state index contributed by atoms with van der Waals surface area (Å²) in [5, 5.41) is 8.87. The van der Waals surface area contributed by atoms with Crippen molar-refractivity contribution in [3.05, 3.63) is 111 Å². The summed E-state index contributed by atoms with van der Waals surface area (Å²) in [5.41, 5.74) is -5.60. The van der Waals surface area contributed by atoms with Gasteiger partial charge in [-0.15, -0.1) is 0 Å². The van der Waals surface area contributed by atoms with Crippen molar-refractivity contribution in [2.75, 3.05) is 0 Å². The van der Waals surface area contributed by atoms with Gasteiger partial charge in [0, 0.05) is 23.8 Å². The zero-order chi connectivity index (χ0) is 31.9. The number of halogens is 8. The second-order valence-corrected chi connectivity index (χ2v) is 11.7. The van der Waals surface area contributed by atoms with Crippen LogP contribution in [0.4, 0.5) is 35.1 Å². The summed E-state index contributed by atoms with van der Waals surface area (Å²) >= 11 is -1.77. The highest BCUT2D eigenvalue weighted by Gasteiger charge is 2.37. The lowest BCUT2D eigenvalue weighted by Crippen LogP contribution is -2.29. The van der Waals surface area contributed by atoms with Gasteiger partial charge >= 0.3 is 12.4 Å². The lowest BCUT2D eigenvalue weighted by Gasteiger charge is -2.19. The van der Waals surface area contributed by atoms with E-state index in [2.05, 4.69) is 0 Å². The van der Waals surface area contributed by atoms with Crippen LogP contribution in [-0.4, -0.2) is 14.4 Å². The van der Waals surface area contributed by atoms with Crippen molar-refractivity contribution in [3.8, 4) is 28.5 Å². The third kappa shape index (κ3) is 6.76. The maximum Gasteiger partial charge on any atom is 0.417 e. The minimum atomic E-state index is -5.11. The Morgan fingerprint density at radius 3 is 2.02 bits per heavy atom. The molecule has 0 saturated heterocycles. The van der Waals surface area contributed by atoms with Crippen LogP contribution in [-0.2, 0) is 30.1 Å².